The monoisotopic (exact) mass is 296 g/mol. The van der Waals surface area contributed by atoms with Crippen LogP contribution in [0.3, 0.4) is 0 Å². The summed E-state index contributed by atoms with van der Waals surface area (Å²) >= 11 is 4.87. The van der Waals surface area contributed by atoms with Crippen LogP contribution in [0.25, 0.3) is 0 Å². The van der Waals surface area contributed by atoms with Crippen LogP contribution in [0.1, 0.15) is 51.2 Å². The number of hydrogen-bond acceptors (Lipinski definition) is 2. The van der Waals surface area contributed by atoms with Crippen LogP contribution in [0.2, 0.25) is 0 Å². The molecule has 0 bridgehead atoms. The van der Waals surface area contributed by atoms with Gasteiger partial charge in [0.15, 0.2) is 0 Å². The number of thiocarbonyl (C=S) groups is 1. The molecule has 2 nitrogen and oxygen atoms in total. The van der Waals surface area contributed by atoms with E-state index in [0.29, 0.717) is 23.7 Å². The van der Waals surface area contributed by atoms with Crippen molar-refractivity contribution in [1.29, 1.82) is 0 Å². The second-order valence-electron chi connectivity index (χ2n) is 5.25. The van der Waals surface area contributed by atoms with Crippen molar-refractivity contribution in [2.24, 2.45) is 5.73 Å². The van der Waals surface area contributed by atoms with Gasteiger partial charge in [0.2, 0.25) is 0 Å². The number of nitrogens with zero attached hydrogens (tertiary/aromatic N) is 1. The molecule has 4 heteroatoms. The Bertz CT molecular complexity index is 448. The number of unbranched alkanes of at least 4 members (excludes halogenated alkanes) is 1. The maximum Gasteiger partial charge on any atom is 0.128 e. The number of nitrogens with two attached hydrogens (primary N) is 1. The van der Waals surface area contributed by atoms with Crippen molar-refractivity contribution < 1.29 is 4.39 Å². The first kappa shape index (κ1) is 17.1. The van der Waals surface area contributed by atoms with E-state index < -0.39 is 0 Å². The van der Waals surface area contributed by atoms with E-state index in [9.17, 15) is 4.39 Å². The Hall–Kier alpha value is -1.00. The Morgan fingerprint density at radius 3 is 2.60 bits per heavy atom. The highest BCUT2D eigenvalue weighted by molar-refractivity contribution is 7.80. The fourth-order valence-corrected chi connectivity index (χ4v) is 2.25. The maximum atomic E-state index is 14.1. The zero-order valence-electron chi connectivity index (χ0n) is 12.7. The van der Waals surface area contributed by atoms with Crippen LogP contribution >= 0.6 is 12.2 Å². The Kier molecular flexibility index (Phi) is 7.10. The topological polar surface area (TPSA) is 29.3 Å². The first-order valence-corrected chi connectivity index (χ1v) is 7.72. The molecule has 0 saturated heterocycles. The third-order valence-corrected chi connectivity index (χ3v) is 3.96. The largest absolute Gasteiger partial charge is 0.389 e. The van der Waals surface area contributed by atoms with Gasteiger partial charge in [-0.2, -0.15) is 0 Å². The number of halogens is 1. The molecular formula is C16H25FN2S. The molecule has 0 aliphatic rings. The van der Waals surface area contributed by atoms with Crippen LogP contribution in [0.15, 0.2) is 18.2 Å². The molecule has 0 aromatic heterocycles. The summed E-state index contributed by atoms with van der Waals surface area (Å²) < 4.78 is 14.1. The number of hydrogen-bond donors (Lipinski definition) is 1. The van der Waals surface area contributed by atoms with E-state index in [1.54, 1.807) is 12.1 Å². The van der Waals surface area contributed by atoms with Crippen LogP contribution in [0.4, 0.5) is 4.39 Å². The van der Waals surface area contributed by atoms with Crippen molar-refractivity contribution in [3.63, 3.8) is 0 Å². The molecule has 1 rings (SSSR count). The first-order valence-electron chi connectivity index (χ1n) is 7.31. The van der Waals surface area contributed by atoms with Gasteiger partial charge in [-0.25, -0.2) is 4.39 Å². The van der Waals surface area contributed by atoms with Crippen LogP contribution in [0.5, 0.6) is 0 Å². The highest BCUT2D eigenvalue weighted by atomic mass is 32.1. The Labute approximate surface area is 127 Å². The molecule has 0 spiro atoms. The van der Waals surface area contributed by atoms with Gasteiger partial charge in [-0.15, -0.1) is 0 Å². The Balaban J connectivity index is 2.84. The summed E-state index contributed by atoms with van der Waals surface area (Å²) in [5.74, 6) is -0.222. The van der Waals surface area contributed by atoms with Crippen LogP contribution in [-0.4, -0.2) is 22.5 Å². The van der Waals surface area contributed by atoms with Crippen molar-refractivity contribution in [3.05, 3.63) is 35.1 Å². The van der Waals surface area contributed by atoms with Crippen molar-refractivity contribution >= 4 is 17.2 Å². The van der Waals surface area contributed by atoms with Gasteiger partial charge in [0.1, 0.15) is 10.8 Å². The molecule has 112 valence electrons. The predicted molar refractivity (Wildman–Crippen MR) is 87.4 cm³/mol. The van der Waals surface area contributed by atoms with Gasteiger partial charge in [0.25, 0.3) is 0 Å². The van der Waals surface area contributed by atoms with E-state index in [1.807, 2.05) is 0 Å². The van der Waals surface area contributed by atoms with Crippen LogP contribution in [-0.2, 0) is 6.54 Å². The highest BCUT2D eigenvalue weighted by Crippen LogP contribution is 2.16. The van der Waals surface area contributed by atoms with Gasteiger partial charge >= 0.3 is 0 Å². The molecule has 1 unspecified atom stereocenters. The highest BCUT2D eigenvalue weighted by Gasteiger charge is 2.14. The lowest BCUT2D eigenvalue weighted by Crippen LogP contribution is -2.33. The van der Waals surface area contributed by atoms with Gasteiger partial charge in [-0.1, -0.05) is 44.6 Å². The molecule has 0 aliphatic heterocycles. The normalized spacial score (nSPS) is 12.7. The Morgan fingerprint density at radius 2 is 2.10 bits per heavy atom. The molecule has 0 saturated carbocycles. The summed E-state index contributed by atoms with van der Waals surface area (Å²) in [5, 5.41) is 0. The molecule has 0 heterocycles. The minimum Gasteiger partial charge on any atom is -0.389 e. The van der Waals surface area contributed by atoms with Crippen LogP contribution < -0.4 is 5.73 Å². The van der Waals surface area contributed by atoms with Crippen molar-refractivity contribution in [2.45, 2.75) is 52.6 Å². The van der Waals surface area contributed by atoms with E-state index >= 15 is 0 Å². The third-order valence-electron chi connectivity index (χ3n) is 3.72. The minimum atomic E-state index is -0.222. The quantitative estimate of drug-likeness (QED) is 0.739. The van der Waals surface area contributed by atoms with Gasteiger partial charge in [-0.3, -0.25) is 4.90 Å². The zero-order chi connectivity index (χ0) is 15.1. The number of rotatable bonds is 8. The van der Waals surface area contributed by atoms with E-state index in [1.165, 1.54) is 6.07 Å². The lowest BCUT2D eigenvalue weighted by atomic mass is 10.1. The molecule has 0 radical (unpaired) electrons. The van der Waals surface area contributed by atoms with Crippen LogP contribution in [0, 0.1) is 5.82 Å². The molecule has 1 atom stereocenters. The minimum absolute atomic E-state index is 0.222. The molecular weight excluding hydrogens is 271 g/mol. The molecule has 2 N–H and O–H groups in total. The van der Waals surface area contributed by atoms with E-state index in [2.05, 4.69) is 25.7 Å². The zero-order valence-corrected chi connectivity index (χ0v) is 13.5. The third kappa shape index (κ3) is 4.84. The molecule has 0 aliphatic carbocycles. The average molecular weight is 296 g/mol. The fourth-order valence-electron chi connectivity index (χ4n) is 2.12. The summed E-state index contributed by atoms with van der Waals surface area (Å²) in [7, 11) is 0. The lowest BCUT2D eigenvalue weighted by Gasteiger charge is -2.28. The summed E-state index contributed by atoms with van der Waals surface area (Å²) in [6, 6.07) is 5.49. The molecule has 1 aromatic carbocycles. The SMILES string of the molecule is CCCCN(Cc1ccc(C(N)=S)cc1F)C(C)CC. The molecule has 1 aromatic rings. The van der Waals surface area contributed by atoms with E-state index in [0.717, 1.165) is 25.8 Å². The fraction of sp³-hybridized carbons (Fsp3) is 0.562. The second kappa shape index (κ2) is 8.32. The smallest absolute Gasteiger partial charge is 0.128 e. The first-order chi connectivity index (χ1) is 9.49. The Morgan fingerprint density at radius 1 is 1.40 bits per heavy atom. The van der Waals surface area contributed by atoms with Crippen molar-refractivity contribution in [2.75, 3.05) is 6.54 Å². The lowest BCUT2D eigenvalue weighted by molar-refractivity contribution is 0.190. The predicted octanol–water partition coefficient (Wildman–Crippen LogP) is 3.86. The summed E-state index contributed by atoms with van der Waals surface area (Å²) in [4.78, 5) is 2.57. The summed E-state index contributed by atoms with van der Waals surface area (Å²) in [6.07, 6.45) is 3.35. The van der Waals surface area contributed by atoms with Gasteiger partial charge in [0.05, 0.1) is 0 Å². The standard InChI is InChI=1S/C16H25FN2S/c1-4-6-9-19(12(3)5-2)11-14-8-7-13(16(18)20)10-15(14)17/h7-8,10,12H,4-6,9,11H2,1-3H3,(H2,18,20). The van der Waals surface area contributed by atoms with E-state index in [-0.39, 0.29) is 10.8 Å². The maximum absolute atomic E-state index is 14.1. The van der Waals surface area contributed by atoms with E-state index in [4.69, 9.17) is 18.0 Å². The summed E-state index contributed by atoms with van der Waals surface area (Å²) in [6.45, 7) is 8.17. The van der Waals surface area contributed by atoms with Gasteiger partial charge in [-0.05, 0) is 32.4 Å². The van der Waals surface area contributed by atoms with Crippen molar-refractivity contribution in [1.82, 2.24) is 4.90 Å². The molecule has 0 fully saturated rings. The van der Waals surface area contributed by atoms with Gasteiger partial charge < -0.3 is 5.73 Å². The van der Waals surface area contributed by atoms with Gasteiger partial charge in [0, 0.05) is 23.7 Å². The van der Waals surface area contributed by atoms with Crippen molar-refractivity contribution in [3.8, 4) is 0 Å². The second-order valence-corrected chi connectivity index (χ2v) is 5.69. The molecule has 0 amide bonds. The average Bonchev–Trinajstić information content (AvgIpc) is 2.43. The molecule has 20 heavy (non-hydrogen) atoms. The number of benzene rings is 1. The summed E-state index contributed by atoms with van der Waals surface area (Å²) in [5.41, 5.74) is 6.82.